The van der Waals surface area contributed by atoms with Crippen LogP contribution in [-0.2, 0) is 0 Å². The fourth-order valence-corrected chi connectivity index (χ4v) is 3.69. The summed E-state index contributed by atoms with van der Waals surface area (Å²) in [5.41, 5.74) is 1.06. The fraction of sp³-hybridized carbons (Fsp3) is 0.600. The van der Waals surface area contributed by atoms with Crippen molar-refractivity contribution in [2.24, 2.45) is 11.8 Å². The van der Waals surface area contributed by atoms with Gasteiger partial charge in [-0.1, -0.05) is 18.0 Å². The van der Waals surface area contributed by atoms with Gasteiger partial charge in [-0.3, -0.25) is 0 Å². The van der Waals surface area contributed by atoms with Crippen molar-refractivity contribution >= 4 is 17.3 Å². The Balaban J connectivity index is 1.76. The van der Waals surface area contributed by atoms with E-state index in [0.717, 1.165) is 28.3 Å². The van der Waals surface area contributed by atoms with Crippen LogP contribution in [0.25, 0.3) is 0 Å². The van der Waals surface area contributed by atoms with Crippen LogP contribution < -0.4 is 10.1 Å². The number of benzene rings is 1. The van der Waals surface area contributed by atoms with Gasteiger partial charge in [-0.25, -0.2) is 0 Å². The Morgan fingerprint density at radius 1 is 1.33 bits per heavy atom. The molecule has 18 heavy (non-hydrogen) atoms. The molecule has 0 radical (unpaired) electrons. The zero-order valence-corrected chi connectivity index (χ0v) is 11.5. The summed E-state index contributed by atoms with van der Waals surface area (Å²) in [6, 6.07) is 6.44. The molecule has 98 valence electrons. The Hall–Kier alpha value is -0.890. The summed E-state index contributed by atoms with van der Waals surface area (Å²) in [4.78, 5) is 0. The minimum Gasteiger partial charge on any atom is -0.492 e. The molecule has 0 aromatic heterocycles. The molecule has 2 nitrogen and oxygen atoms in total. The molecule has 0 amide bonds. The summed E-state index contributed by atoms with van der Waals surface area (Å²) in [7, 11) is 0. The third kappa shape index (κ3) is 2.31. The molecule has 3 unspecified atom stereocenters. The van der Waals surface area contributed by atoms with Gasteiger partial charge in [-0.05, 0) is 56.2 Å². The Labute approximate surface area is 114 Å². The highest BCUT2D eigenvalue weighted by molar-refractivity contribution is 6.30. The van der Waals surface area contributed by atoms with Gasteiger partial charge in [0.05, 0.1) is 12.3 Å². The monoisotopic (exact) mass is 265 g/mol. The van der Waals surface area contributed by atoms with Crippen molar-refractivity contribution in [3.63, 3.8) is 0 Å². The smallest absolute Gasteiger partial charge is 0.142 e. The van der Waals surface area contributed by atoms with Gasteiger partial charge in [-0.15, -0.1) is 0 Å². The number of ether oxygens (including phenoxy) is 1. The van der Waals surface area contributed by atoms with Crippen molar-refractivity contribution in [2.75, 3.05) is 11.9 Å². The molecule has 3 rings (SSSR count). The molecule has 2 saturated carbocycles. The van der Waals surface area contributed by atoms with E-state index in [1.807, 2.05) is 25.1 Å². The first-order valence-electron chi connectivity index (χ1n) is 6.95. The lowest BCUT2D eigenvalue weighted by Crippen LogP contribution is -2.26. The van der Waals surface area contributed by atoms with Crippen molar-refractivity contribution in [2.45, 2.75) is 38.6 Å². The lowest BCUT2D eigenvalue weighted by molar-refractivity contribution is 0.340. The molecule has 1 aromatic rings. The second-order valence-corrected chi connectivity index (χ2v) is 5.94. The summed E-state index contributed by atoms with van der Waals surface area (Å²) in [6.07, 6.45) is 5.52. The number of halogens is 1. The average molecular weight is 266 g/mol. The zero-order valence-electron chi connectivity index (χ0n) is 10.8. The zero-order chi connectivity index (χ0) is 12.5. The first kappa shape index (κ1) is 12.2. The third-order valence-corrected chi connectivity index (χ3v) is 4.56. The predicted molar refractivity (Wildman–Crippen MR) is 75.5 cm³/mol. The van der Waals surface area contributed by atoms with Crippen molar-refractivity contribution in [1.82, 2.24) is 0 Å². The quantitative estimate of drug-likeness (QED) is 0.874. The standard InChI is InChI=1S/C15H20ClNO/c1-2-18-15-6-5-12(16)9-14(15)17-13-8-10-3-4-11(13)7-10/h5-6,9-11,13,17H,2-4,7-8H2,1H3. The molecular formula is C15H20ClNO. The Morgan fingerprint density at radius 3 is 2.89 bits per heavy atom. The number of fused-ring (bicyclic) bond motifs is 2. The molecule has 1 N–H and O–H groups in total. The van der Waals surface area contributed by atoms with Gasteiger partial charge >= 0.3 is 0 Å². The van der Waals surface area contributed by atoms with Crippen LogP contribution in [0.3, 0.4) is 0 Å². The maximum Gasteiger partial charge on any atom is 0.142 e. The van der Waals surface area contributed by atoms with Crippen molar-refractivity contribution < 1.29 is 4.74 Å². The summed E-state index contributed by atoms with van der Waals surface area (Å²) < 4.78 is 5.66. The average Bonchev–Trinajstić information content (AvgIpc) is 2.95. The molecule has 2 bridgehead atoms. The van der Waals surface area contributed by atoms with Crippen LogP contribution in [0.1, 0.15) is 32.6 Å². The van der Waals surface area contributed by atoms with E-state index in [0.29, 0.717) is 12.6 Å². The summed E-state index contributed by atoms with van der Waals surface area (Å²) in [5, 5.41) is 4.42. The van der Waals surface area contributed by atoms with E-state index in [1.54, 1.807) is 0 Å². The molecule has 2 aliphatic carbocycles. The molecule has 1 aromatic carbocycles. The number of hydrogen-bond donors (Lipinski definition) is 1. The van der Waals surface area contributed by atoms with E-state index in [-0.39, 0.29) is 0 Å². The van der Waals surface area contributed by atoms with Crippen molar-refractivity contribution in [1.29, 1.82) is 0 Å². The minimum atomic E-state index is 0.612. The Bertz CT molecular complexity index is 435. The number of rotatable bonds is 4. The molecule has 0 heterocycles. The highest BCUT2D eigenvalue weighted by Crippen LogP contribution is 2.46. The molecule has 0 saturated heterocycles. The highest BCUT2D eigenvalue weighted by atomic mass is 35.5. The first-order valence-corrected chi connectivity index (χ1v) is 7.33. The highest BCUT2D eigenvalue weighted by Gasteiger charge is 2.39. The normalized spacial score (nSPS) is 29.6. The van der Waals surface area contributed by atoms with Crippen LogP contribution in [0.4, 0.5) is 5.69 Å². The Morgan fingerprint density at radius 2 is 2.22 bits per heavy atom. The van der Waals surface area contributed by atoms with Crippen LogP contribution in [0.2, 0.25) is 5.02 Å². The molecule has 3 heteroatoms. The van der Waals surface area contributed by atoms with E-state index in [4.69, 9.17) is 16.3 Å². The molecule has 0 aliphatic heterocycles. The number of anilines is 1. The van der Waals surface area contributed by atoms with E-state index >= 15 is 0 Å². The molecule has 3 atom stereocenters. The second-order valence-electron chi connectivity index (χ2n) is 5.50. The van der Waals surface area contributed by atoms with Gasteiger partial charge in [-0.2, -0.15) is 0 Å². The summed E-state index contributed by atoms with van der Waals surface area (Å²) in [5.74, 6) is 2.72. The molecule has 0 spiro atoms. The fourth-order valence-electron chi connectivity index (χ4n) is 3.52. The van der Waals surface area contributed by atoms with Crippen LogP contribution in [-0.4, -0.2) is 12.6 Å². The molecular weight excluding hydrogens is 246 g/mol. The minimum absolute atomic E-state index is 0.612. The van der Waals surface area contributed by atoms with Crippen LogP contribution in [0.15, 0.2) is 18.2 Å². The topological polar surface area (TPSA) is 21.3 Å². The van der Waals surface area contributed by atoms with E-state index in [1.165, 1.54) is 25.7 Å². The van der Waals surface area contributed by atoms with E-state index in [9.17, 15) is 0 Å². The van der Waals surface area contributed by atoms with Crippen molar-refractivity contribution in [3.8, 4) is 5.75 Å². The molecule has 2 fully saturated rings. The lowest BCUT2D eigenvalue weighted by atomic mass is 9.95. The summed E-state index contributed by atoms with van der Waals surface area (Å²) >= 11 is 6.09. The SMILES string of the molecule is CCOc1ccc(Cl)cc1NC1CC2CCC1C2. The Kier molecular flexibility index (Phi) is 3.38. The number of hydrogen-bond acceptors (Lipinski definition) is 2. The third-order valence-electron chi connectivity index (χ3n) is 4.32. The van der Waals surface area contributed by atoms with Gasteiger partial charge in [0.25, 0.3) is 0 Å². The van der Waals surface area contributed by atoms with Gasteiger partial charge < -0.3 is 10.1 Å². The van der Waals surface area contributed by atoms with Crippen LogP contribution >= 0.6 is 11.6 Å². The summed E-state index contributed by atoms with van der Waals surface area (Å²) in [6.45, 7) is 2.70. The first-order chi connectivity index (χ1) is 8.76. The lowest BCUT2D eigenvalue weighted by Gasteiger charge is -2.25. The predicted octanol–water partition coefficient (Wildman–Crippen LogP) is 4.34. The van der Waals surface area contributed by atoms with Gasteiger partial charge in [0, 0.05) is 11.1 Å². The number of nitrogens with one attached hydrogen (secondary N) is 1. The van der Waals surface area contributed by atoms with Gasteiger partial charge in [0.15, 0.2) is 0 Å². The van der Waals surface area contributed by atoms with Gasteiger partial charge in [0.2, 0.25) is 0 Å². The van der Waals surface area contributed by atoms with E-state index < -0.39 is 0 Å². The maximum absolute atomic E-state index is 6.09. The maximum atomic E-state index is 6.09. The van der Waals surface area contributed by atoms with Gasteiger partial charge in [0.1, 0.15) is 5.75 Å². The molecule has 2 aliphatic rings. The second kappa shape index (κ2) is 5.00. The van der Waals surface area contributed by atoms with Crippen LogP contribution in [0.5, 0.6) is 5.75 Å². The van der Waals surface area contributed by atoms with Crippen LogP contribution in [0, 0.1) is 11.8 Å². The van der Waals surface area contributed by atoms with Crippen molar-refractivity contribution in [3.05, 3.63) is 23.2 Å². The van der Waals surface area contributed by atoms with E-state index in [2.05, 4.69) is 5.32 Å². The largest absolute Gasteiger partial charge is 0.492 e.